The molecule has 1 fully saturated rings. The van der Waals surface area contributed by atoms with E-state index in [4.69, 9.17) is 4.74 Å². The number of rotatable bonds is 3. The fraction of sp³-hybridized carbons (Fsp3) is 0.385. The molecule has 1 saturated heterocycles. The number of ether oxygens (including phenoxy) is 1. The van der Waals surface area contributed by atoms with Crippen molar-refractivity contribution >= 4 is 27.8 Å². The number of aliphatic carboxylic acids is 1. The van der Waals surface area contributed by atoms with Crippen LogP contribution in [0.25, 0.3) is 0 Å². The molecular formula is C13H14BrNO4. The summed E-state index contributed by atoms with van der Waals surface area (Å²) >= 11 is 3.30. The van der Waals surface area contributed by atoms with Crippen molar-refractivity contribution in [3.05, 3.63) is 34.3 Å². The number of hydrogen-bond acceptors (Lipinski definition) is 3. The molecule has 0 aromatic heterocycles. The maximum atomic E-state index is 12.1. The molecule has 1 aromatic carbocycles. The molecule has 0 bridgehead atoms. The zero-order valence-corrected chi connectivity index (χ0v) is 11.9. The smallest absolute Gasteiger partial charge is 0.313 e. The van der Waals surface area contributed by atoms with Crippen LogP contribution in [0.1, 0.15) is 17.3 Å². The zero-order chi connectivity index (χ0) is 14.0. The lowest BCUT2D eigenvalue weighted by molar-refractivity contribution is -0.148. The molecule has 1 aromatic rings. The van der Waals surface area contributed by atoms with E-state index < -0.39 is 17.4 Å². The van der Waals surface area contributed by atoms with Crippen molar-refractivity contribution in [3.8, 4) is 0 Å². The Bertz CT molecular complexity index is 519. The van der Waals surface area contributed by atoms with Crippen LogP contribution in [0.2, 0.25) is 0 Å². The number of carbonyl (C=O) groups excluding carboxylic acids is 1. The van der Waals surface area contributed by atoms with E-state index in [0.29, 0.717) is 10.0 Å². The molecule has 0 spiro atoms. The van der Waals surface area contributed by atoms with E-state index in [9.17, 15) is 14.7 Å². The van der Waals surface area contributed by atoms with Crippen LogP contribution in [0.3, 0.4) is 0 Å². The summed E-state index contributed by atoms with van der Waals surface area (Å²) in [5.74, 6) is -1.28. The first-order chi connectivity index (χ1) is 8.95. The van der Waals surface area contributed by atoms with Crippen LogP contribution < -0.4 is 5.32 Å². The Balaban J connectivity index is 2.16. The highest BCUT2D eigenvalue weighted by Crippen LogP contribution is 2.29. The van der Waals surface area contributed by atoms with Crippen LogP contribution in [0.4, 0.5) is 0 Å². The van der Waals surface area contributed by atoms with Gasteiger partial charge in [0.05, 0.1) is 24.8 Å². The summed E-state index contributed by atoms with van der Waals surface area (Å²) in [5.41, 5.74) is -0.612. The molecule has 2 unspecified atom stereocenters. The van der Waals surface area contributed by atoms with Gasteiger partial charge in [-0.25, -0.2) is 0 Å². The van der Waals surface area contributed by atoms with Crippen LogP contribution in [0.15, 0.2) is 28.7 Å². The van der Waals surface area contributed by atoms with Gasteiger partial charge >= 0.3 is 5.97 Å². The third-order valence-corrected chi connectivity index (χ3v) is 4.06. The molecule has 1 aliphatic heterocycles. The molecule has 2 rings (SSSR count). The van der Waals surface area contributed by atoms with E-state index >= 15 is 0 Å². The predicted octanol–water partition coefficient (Wildman–Crippen LogP) is 1.67. The molecule has 2 N–H and O–H groups in total. The molecule has 102 valence electrons. The number of halogens is 1. The summed E-state index contributed by atoms with van der Waals surface area (Å²) in [7, 11) is 0. The van der Waals surface area contributed by atoms with Gasteiger partial charge < -0.3 is 15.2 Å². The predicted molar refractivity (Wildman–Crippen MR) is 72.0 cm³/mol. The fourth-order valence-corrected chi connectivity index (χ4v) is 2.43. The normalized spacial score (nSPS) is 26.1. The number of carboxylic acid groups (broad SMARTS) is 1. The standard InChI is InChI=1S/C13H14BrNO4/c1-13(12(17)18)7-19-6-10(13)15-11(16)8-4-2-3-5-9(8)14/h2-5,10H,6-7H2,1H3,(H,15,16)(H,17,18). The third-order valence-electron chi connectivity index (χ3n) is 3.37. The first-order valence-electron chi connectivity index (χ1n) is 5.81. The van der Waals surface area contributed by atoms with Gasteiger partial charge in [0, 0.05) is 4.47 Å². The summed E-state index contributed by atoms with van der Waals surface area (Å²) < 4.78 is 5.86. The lowest BCUT2D eigenvalue weighted by Gasteiger charge is -2.25. The van der Waals surface area contributed by atoms with E-state index in [1.807, 2.05) is 0 Å². The minimum Gasteiger partial charge on any atom is -0.481 e. The highest BCUT2D eigenvalue weighted by Gasteiger charge is 2.47. The van der Waals surface area contributed by atoms with Gasteiger partial charge in [0.25, 0.3) is 5.91 Å². The molecule has 19 heavy (non-hydrogen) atoms. The van der Waals surface area contributed by atoms with Crippen LogP contribution >= 0.6 is 15.9 Å². The van der Waals surface area contributed by atoms with Gasteiger partial charge in [0.15, 0.2) is 0 Å². The quantitative estimate of drug-likeness (QED) is 0.885. The van der Waals surface area contributed by atoms with Crippen molar-refractivity contribution in [1.29, 1.82) is 0 Å². The summed E-state index contributed by atoms with van der Waals surface area (Å²) in [4.78, 5) is 23.4. The van der Waals surface area contributed by atoms with Crippen LogP contribution in [0.5, 0.6) is 0 Å². The molecule has 1 aliphatic rings. The second-order valence-electron chi connectivity index (χ2n) is 4.74. The van der Waals surface area contributed by atoms with Gasteiger partial charge in [-0.2, -0.15) is 0 Å². The fourth-order valence-electron chi connectivity index (χ4n) is 1.97. The summed E-state index contributed by atoms with van der Waals surface area (Å²) in [6.07, 6.45) is 0. The Labute approximate surface area is 119 Å². The number of carboxylic acids is 1. The largest absolute Gasteiger partial charge is 0.481 e. The molecule has 0 aliphatic carbocycles. The van der Waals surface area contributed by atoms with Gasteiger partial charge in [0.2, 0.25) is 0 Å². The van der Waals surface area contributed by atoms with Crippen molar-refractivity contribution in [2.45, 2.75) is 13.0 Å². The van der Waals surface area contributed by atoms with Gasteiger partial charge in [-0.1, -0.05) is 12.1 Å². The van der Waals surface area contributed by atoms with Crippen molar-refractivity contribution in [1.82, 2.24) is 5.32 Å². The van der Waals surface area contributed by atoms with Crippen molar-refractivity contribution < 1.29 is 19.4 Å². The molecule has 2 atom stereocenters. The van der Waals surface area contributed by atoms with Gasteiger partial charge in [-0.3, -0.25) is 9.59 Å². The number of hydrogen-bond donors (Lipinski definition) is 2. The molecule has 1 heterocycles. The Hall–Kier alpha value is -1.40. The number of carbonyl (C=O) groups is 2. The van der Waals surface area contributed by atoms with Gasteiger partial charge in [-0.05, 0) is 35.0 Å². The molecule has 5 nitrogen and oxygen atoms in total. The van der Waals surface area contributed by atoms with Crippen LogP contribution in [-0.2, 0) is 9.53 Å². The van der Waals surface area contributed by atoms with Crippen molar-refractivity contribution in [2.75, 3.05) is 13.2 Å². The average Bonchev–Trinajstić information content (AvgIpc) is 2.73. The number of nitrogens with one attached hydrogen (secondary N) is 1. The second kappa shape index (κ2) is 5.30. The highest BCUT2D eigenvalue weighted by molar-refractivity contribution is 9.10. The van der Waals surface area contributed by atoms with Gasteiger partial charge in [-0.15, -0.1) is 0 Å². The SMILES string of the molecule is CC1(C(=O)O)COCC1NC(=O)c1ccccc1Br. The summed E-state index contributed by atoms with van der Waals surface area (Å²) in [6, 6.07) is 6.45. The monoisotopic (exact) mass is 327 g/mol. The van der Waals surface area contributed by atoms with Crippen molar-refractivity contribution in [3.63, 3.8) is 0 Å². The lowest BCUT2D eigenvalue weighted by Crippen LogP contribution is -2.49. The van der Waals surface area contributed by atoms with Crippen LogP contribution in [0, 0.1) is 5.41 Å². The minimum absolute atomic E-state index is 0.100. The van der Waals surface area contributed by atoms with Crippen LogP contribution in [-0.4, -0.2) is 36.2 Å². The molecule has 0 saturated carbocycles. The molecular weight excluding hydrogens is 314 g/mol. The van der Waals surface area contributed by atoms with Crippen molar-refractivity contribution in [2.24, 2.45) is 5.41 Å². The maximum absolute atomic E-state index is 12.1. The Morgan fingerprint density at radius 1 is 1.47 bits per heavy atom. The first kappa shape index (κ1) is 14.0. The number of amides is 1. The first-order valence-corrected chi connectivity index (χ1v) is 6.61. The van der Waals surface area contributed by atoms with E-state index in [1.165, 1.54) is 0 Å². The van der Waals surface area contributed by atoms with E-state index in [2.05, 4.69) is 21.2 Å². The minimum atomic E-state index is -1.09. The third kappa shape index (κ3) is 2.64. The van der Waals surface area contributed by atoms with E-state index in [1.54, 1.807) is 31.2 Å². The molecule has 6 heteroatoms. The Morgan fingerprint density at radius 3 is 2.79 bits per heavy atom. The number of benzene rings is 1. The summed E-state index contributed by atoms with van der Waals surface area (Å²) in [6.45, 7) is 1.88. The Morgan fingerprint density at radius 2 is 2.16 bits per heavy atom. The Kier molecular flexibility index (Phi) is 3.91. The molecule has 0 radical (unpaired) electrons. The highest BCUT2D eigenvalue weighted by atomic mass is 79.9. The lowest BCUT2D eigenvalue weighted by atomic mass is 9.85. The zero-order valence-electron chi connectivity index (χ0n) is 10.4. The van der Waals surface area contributed by atoms with E-state index in [-0.39, 0.29) is 19.1 Å². The average molecular weight is 328 g/mol. The topological polar surface area (TPSA) is 75.6 Å². The van der Waals surface area contributed by atoms with E-state index in [0.717, 1.165) is 0 Å². The summed E-state index contributed by atoms with van der Waals surface area (Å²) in [5, 5.41) is 12.0. The second-order valence-corrected chi connectivity index (χ2v) is 5.60. The molecule has 1 amide bonds. The maximum Gasteiger partial charge on any atom is 0.313 e. The van der Waals surface area contributed by atoms with Gasteiger partial charge in [0.1, 0.15) is 5.41 Å².